The van der Waals surface area contributed by atoms with Crippen LogP contribution in [0.2, 0.25) is 0 Å². The third-order valence-corrected chi connectivity index (χ3v) is 2.87. The Balaban J connectivity index is 1.84. The summed E-state index contributed by atoms with van der Waals surface area (Å²) in [6.45, 7) is 1.32. The molecule has 1 amide bonds. The van der Waals surface area contributed by atoms with Gasteiger partial charge in [-0.25, -0.2) is 0 Å². The Morgan fingerprint density at radius 2 is 2.35 bits per heavy atom. The molecule has 4 nitrogen and oxygen atoms in total. The van der Waals surface area contributed by atoms with Gasteiger partial charge in [-0.05, 0) is 37.5 Å². The largest absolute Gasteiger partial charge is 0.508 e. The highest BCUT2D eigenvalue weighted by atomic mass is 16.5. The maximum absolute atomic E-state index is 11.8. The van der Waals surface area contributed by atoms with Gasteiger partial charge in [-0.15, -0.1) is 0 Å². The van der Waals surface area contributed by atoms with E-state index in [0.29, 0.717) is 12.1 Å². The van der Waals surface area contributed by atoms with E-state index in [0.717, 1.165) is 25.9 Å². The number of carbonyl (C=O) groups is 1. The van der Waals surface area contributed by atoms with Crippen molar-refractivity contribution < 1.29 is 14.6 Å². The maximum atomic E-state index is 11.8. The van der Waals surface area contributed by atoms with Crippen molar-refractivity contribution in [1.29, 1.82) is 0 Å². The highest BCUT2D eigenvalue weighted by Gasteiger charge is 2.15. The summed E-state index contributed by atoms with van der Waals surface area (Å²) in [5.41, 5.74) is 0.473. The number of phenols is 1. The average molecular weight is 235 g/mol. The van der Waals surface area contributed by atoms with Crippen molar-refractivity contribution >= 4 is 5.91 Å². The standard InChI is InChI=1S/C13H17NO3/c15-11-5-3-4-10(8-11)13(16)14-9-12-6-1-2-7-17-12/h3-5,8,12,15H,1-2,6-7,9H2,(H,14,16). The van der Waals surface area contributed by atoms with Crippen LogP contribution in [0.5, 0.6) is 5.75 Å². The van der Waals surface area contributed by atoms with Crippen molar-refractivity contribution in [2.45, 2.75) is 25.4 Å². The van der Waals surface area contributed by atoms with Gasteiger partial charge in [0.25, 0.3) is 5.91 Å². The van der Waals surface area contributed by atoms with Crippen LogP contribution in [0, 0.1) is 0 Å². The molecule has 1 heterocycles. The fourth-order valence-corrected chi connectivity index (χ4v) is 1.92. The van der Waals surface area contributed by atoms with E-state index in [1.165, 1.54) is 6.07 Å². The van der Waals surface area contributed by atoms with E-state index in [1.54, 1.807) is 18.2 Å². The molecule has 17 heavy (non-hydrogen) atoms. The van der Waals surface area contributed by atoms with Gasteiger partial charge in [0.2, 0.25) is 0 Å². The summed E-state index contributed by atoms with van der Waals surface area (Å²) in [5, 5.41) is 12.1. The van der Waals surface area contributed by atoms with Crippen LogP contribution < -0.4 is 5.32 Å². The minimum absolute atomic E-state index is 0.103. The first-order valence-electron chi connectivity index (χ1n) is 5.94. The van der Waals surface area contributed by atoms with Gasteiger partial charge in [0.15, 0.2) is 0 Å². The first-order valence-corrected chi connectivity index (χ1v) is 5.94. The summed E-state index contributed by atoms with van der Waals surface area (Å²) in [4.78, 5) is 11.8. The average Bonchev–Trinajstić information content (AvgIpc) is 2.37. The molecular formula is C13H17NO3. The number of rotatable bonds is 3. The van der Waals surface area contributed by atoms with Crippen molar-refractivity contribution in [3.63, 3.8) is 0 Å². The second-order valence-electron chi connectivity index (χ2n) is 4.25. The Labute approximate surface area is 101 Å². The molecule has 4 heteroatoms. The molecule has 0 radical (unpaired) electrons. The molecule has 1 aliphatic rings. The fourth-order valence-electron chi connectivity index (χ4n) is 1.92. The second kappa shape index (κ2) is 5.68. The first-order chi connectivity index (χ1) is 8.25. The van der Waals surface area contributed by atoms with E-state index in [9.17, 15) is 9.90 Å². The first kappa shape index (κ1) is 11.9. The van der Waals surface area contributed by atoms with Crippen LogP contribution in [0.3, 0.4) is 0 Å². The lowest BCUT2D eigenvalue weighted by atomic mass is 10.1. The monoisotopic (exact) mass is 235 g/mol. The lowest BCUT2D eigenvalue weighted by Gasteiger charge is -2.22. The quantitative estimate of drug-likeness (QED) is 0.838. The van der Waals surface area contributed by atoms with Crippen LogP contribution in [-0.2, 0) is 4.74 Å². The molecule has 0 spiro atoms. The number of hydrogen-bond acceptors (Lipinski definition) is 3. The number of carbonyl (C=O) groups excluding carboxylic acids is 1. The van der Waals surface area contributed by atoms with Gasteiger partial charge < -0.3 is 15.2 Å². The highest BCUT2D eigenvalue weighted by Crippen LogP contribution is 2.13. The summed E-state index contributed by atoms with van der Waals surface area (Å²) in [6, 6.07) is 6.33. The Bertz CT molecular complexity index is 386. The van der Waals surface area contributed by atoms with Gasteiger partial charge in [0.05, 0.1) is 6.10 Å². The molecule has 1 saturated heterocycles. The number of phenolic OH excluding ortho intramolecular Hbond substituents is 1. The molecule has 1 unspecified atom stereocenters. The zero-order valence-corrected chi connectivity index (χ0v) is 9.69. The Morgan fingerprint density at radius 3 is 3.06 bits per heavy atom. The van der Waals surface area contributed by atoms with Crippen LogP contribution in [0.25, 0.3) is 0 Å². The van der Waals surface area contributed by atoms with Gasteiger partial charge in [-0.2, -0.15) is 0 Å². The van der Waals surface area contributed by atoms with E-state index in [1.807, 2.05) is 0 Å². The molecule has 1 aliphatic heterocycles. The van der Waals surface area contributed by atoms with Crippen LogP contribution in [-0.4, -0.2) is 30.3 Å². The van der Waals surface area contributed by atoms with E-state index < -0.39 is 0 Å². The van der Waals surface area contributed by atoms with Gasteiger partial charge in [-0.1, -0.05) is 6.07 Å². The number of nitrogens with one attached hydrogen (secondary N) is 1. The number of ether oxygens (including phenoxy) is 1. The van der Waals surface area contributed by atoms with Gasteiger partial charge in [-0.3, -0.25) is 4.79 Å². The predicted molar refractivity (Wildman–Crippen MR) is 64.0 cm³/mol. The highest BCUT2D eigenvalue weighted by molar-refractivity contribution is 5.94. The third kappa shape index (κ3) is 3.46. The molecule has 0 saturated carbocycles. The molecular weight excluding hydrogens is 218 g/mol. The summed E-state index contributed by atoms with van der Waals surface area (Å²) in [7, 11) is 0. The number of aromatic hydroxyl groups is 1. The van der Waals surface area contributed by atoms with Crippen LogP contribution in [0.4, 0.5) is 0 Å². The number of benzene rings is 1. The topological polar surface area (TPSA) is 58.6 Å². The molecule has 1 fully saturated rings. The van der Waals surface area contributed by atoms with E-state index in [4.69, 9.17) is 4.74 Å². The van der Waals surface area contributed by atoms with Gasteiger partial charge in [0, 0.05) is 18.7 Å². The van der Waals surface area contributed by atoms with Gasteiger partial charge >= 0.3 is 0 Å². The number of hydrogen-bond donors (Lipinski definition) is 2. The van der Waals surface area contributed by atoms with Crippen LogP contribution in [0.1, 0.15) is 29.6 Å². The molecule has 2 rings (SSSR count). The number of amides is 1. The minimum Gasteiger partial charge on any atom is -0.508 e. The smallest absolute Gasteiger partial charge is 0.251 e. The molecule has 0 bridgehead atoms. The zero-order chi connectivity index (χ0) is 12.1. The molecule has 2 N–H and O–H groups in total. The van der Waals surface area contributed by atoms with E-state index in [2.05, 4.69) is 5.32 Å². The van der Waals surface area contributed by atoms with E-state index in [-0.39, 0.29) is 17.8 Å². The molecule has 0 aromatic heterocycles. The third-order valence-electron chi connectivity index (χ3n) is 2.87. The SMILES string of the molecule is O=C(NCC1CCCCO1)c1cccc(O)c1. The zero-order valence-electron chi connectivity index (χ0n) is 9.69. The molecule has 0 aliphatic carbocycles. The lowest BCUT2D eigenvalue weighted by molar-refractivity contribution is 0.0169. The minimum atomic E-state index is -0.171. The maximum Gasteiger partial charge on any atom is 0.251 e. The summed E-state index contributed by atoms with van der Waals surface area (Å²) < 4.78 is 5.52. The fraction of sp³-hybridized carbons (Fsp3) is 0.462. The van der Waals surface area contributed by atoms with Crippen molar-refractivity contribution in [2.75, 3.05) is 13.2 Å². The lowest BCUT2D eigenvalue weighted by Crippen LogP contribution is -2.35. The van der Waals surface area contributed by atoms with Crippen LogP contribution in [0.15, 0.2) is 24.3 Å². The Kier molecular flexibility index (Phi) is 3.98. The van der Waals surface area contributed by atoms with Crippen molar-refractivity contribution in [2.24, 2.45) is 0 Å². The van der Waals surface area contributed by atoms with Crippen molar-refractivity contribution in [3.8, 4) is 5.75 Å². The Hall–Kier alpha value is -1.55. The van der Waals surface area contributed by atoms with Crippen molar-refractivity contribution in [1.82, 2.24) is 5.32 Å². The summed E-state index contributed by atoms with van der Waals surface area (Å²) in [6.07, 6.45) is 3.40. The molecule has 92 valence electrons. The summed E-state index contributed by atoms with van der Waals surface area (Å²) in [5.74, 6) is -0.0679. The van der Waals surface area contributed by atoms with Crippen LogP contribution >= 0.6 is 0 Å². The molecule has 1 atom stereocenters. The summed E-state index contributed by atoms with van der Waals surface area (Å²) >= 11 is 0. The van der Waals surface area contributed by atoms with E-state index >= 15 is 0 Å². The molecule has 1 aromatic rings. The van der Waals surface area contributed by atoms with Gasteiger partial charge in [0.1, 0.15) is 5.75 Å². The normalized spacial score (nSPS) is 19.9. The Morgan fingerprint density at radius 1 is 1.47 bits per heavy atom. The van der Waals surface area contributed by atoms with Crippen molar-refractivity contribution in [3.05, 3.63) is 29.8 Å². The predicted octanol–water partition coefficient (Wildman–Crippen LogP) is 1.69. The molecule has 1 aromatic carbocycles. The second-order valence-corrected chi connectivity index (χ2v) is 4.25.